The lowest BCUT2D eigenvalue weighted by atomic mass is 10.3. The molecule has 4 nitrogen and oxygen atoms in total. The van der Waals surface area contributed by atoms with E-state index in [1.54, 1.807) is 18.0 Å². The topological polar surface area (TPSA) is 53.9 Å². The van der Waals surface area contributed by atoms with Crippen LogP contribution in [0.15, 0.2) is 34.1 Å². The van der Waals surface area contributed by atoms with Gasteiger partial charge < -0.3 is 14.7 Å². The van der Waals surface area contributed by atoms with E-state index >= 15 is 0 Å². The smallest absolute Gasteiger partial charge is 0.165 e. The van der Waals surface area contributed by atoms with Crippen molar-refractivity contribution in [1.29, 1.82) is 0 Å². The maximum Gasteiger partial charge on any atom is 0.165 e. The maximum absolute atomic E-state index is 5.71. The molecule has 0 spiro atoms. The molecule has 0 aliphatic heterocycles. The van der Waals surface area contributed by atoms with Crippen molar-refractivity contribution >= 4 is 11.8 Å². The van der Waals surface area contributed by atoms with Gasteiger partial charge in [0.1, 0.15) is 11.5 Å². The van der Waals surface area contributed by atoms with Crippen LogP contribution in [0.2, 0.25) is 0 Å². The lowest BCUT2D eigenvalue weighted by Crippen LogP contribution is -2.21. The van der Waals surface area contributed by atoms with Crippen molar-refractivity contribution < 1.29 is 4.42 Å². The molecule has 2 aromatic rings. The van der Waals surface area contributed by atoms with Gasteiger partial charge in [0, 0.05) is 18.4 Å². The van der Waals surface area contributed by atoms with Gasteiger partial charge in [-0.3, -0.25) is 0 Å². The zero-order valence-electron chi connectivity index (χ0n) is 10.1. The van der Waals surface area contributed by atoms with Gasteiger partial charge in [-0.05, 0) is 12.1 Å². The lowest BCUT2D eigenvalue weighted by Gasteiger charge is -2.04. The first kappa shape index (κ1) is 12.3. The van der Waals surface area contributed by atoms with Crippen LogP contribution in [-0.4, -0.2) is 16.0 Å². The van der Waals surface area contributed by atoms with Crippen molar-refractivity contribution in [3.8, 4) is 0 Å². The number of nitrogens with zero attached hydrogens (tertiary/aromatic N) is 1. The molecule has 0 radical (unpaired) electrons. The number of furan rings is 1. The van der Waals surface area contributed by atoms with Crippen molar-refractivity contribution in [2.45, 2.75) is 37.3 Å². The highest BCUT2D eigenvalue weighted by Gasteiger charge is 2.04. The van der Waals surface area contributed by atoms with Gasteiger partial charge in [0.15, 0.2) is 5.16 Å². The molecular formula is C12H17N3OS. The van der Waals surface area contributed by atoms with Crippen molar-refractivity contribution in [3.05, 3.63) is 36.0 Å². The molecular weight excluding hydrogens is 234 g/mol. The van der Waals surface area contributed by atoms with Gasteiger partial charge in [-0.1, -0.05) is 25.6 Å². The molecule has 0 saturated heterocycles. The normalized spacial score (nSPS) is 11.2. The minimum atomic E-state index is 0.473. The van der Waals surface area contributed by atoms with Gasteiger partial charge in [-0.2, -0.15) is 0 Å². The fourth-order valence-corrected chi connectivity index (χ4v) is 2.09. The first-order valence-corrected chi connectivity index (χ1v) is 6.66. The van der Waals surface area contributed by atoms with E-state index in [1.165, 1.54) is 0 Å². The van der Waals surface area contributed by atoms with E-state index < -0.39 is 0 Å². The number of nitrogens with one attached hydrogen (secondary N) is 2. The zero-order chi connectivity index (χ0) is 12.1. The molecule has 2 aromatic heterocycles. The van der Waals surface area contributed by atoms with Crippen LogP contribution in [0.3, 0.4) is 0 Å². The molecule has 0 atom stereocenters. The monoisotopic (exact) mass is 251 g/mol. The number of thioether (sulfide) groups is 1. The predicted octanol–water partition coefficient (Wildman–Crippen LogP) is 2.79. The number of imidazole rings is 1. The number of aromatic nitrogens is 2. The summed E-state index contributed by atoms with van der Waals surface area (Å²) in [5.74, 6) is 2.76. The van der Waals surface area contributed by atoms with E-state index in [2.05, 4.69) is 29.1 Å². The third-order valence-electron chi connectivity index (χ3n) is 2.23. The van der Waals surface area contributed by atoms with Crippen molar-refractivity contribution in [3.63, 3.8) is 0 Å². The van der Waals surface area contributed by atoms with Crippen molar-refractivity contribution in [1.82, 2.24) is 15.3 Å². The molecule has 0 aliphatic rings. The molecule has 17 heavy (non-hydrogen) atoms. The molecule has 5 heteroatoms. The molecule has 2 rings (SSSR count). The fourth-order valence-electron chi connectivity index (χ4n) is 1.37. The highest BCUT2D eigenvalue weighted by molar-refractivity contribution is 7.98. The van der Waals surface area contributed by atoms with Crippen LogP contribution < -0.4 is 5.32 Å². The van der Waals surface area contributed by atoms with Crippen molar-refractivity contribution in [2.75, 3.05) is 0 Å². The van der Waals surface area contributed by atoms with E-state index in [4.69, 9.17) is 4.42 Å². The Morgan fingerprint density at radius 2 is 2.24 bits per heavy atom. The molecule has 2 heterocycles. The summed E-state index contributed by atoms with van der Waals surface area (Å²) in [7, 11) is 0. The van der Waals surface area contributed by atoms with Crippen LogP contribution in [0.4, 0.5) is 0 Å². The fraction of sp³-hybridized carbons (Fsp3) is 0.417. The maximum atomic E-state index is 5.71. The molecule has 0 fully saturated rings. The molecule has 0 saturated carbocycles. The summed E-state index contributed by atoms with van der Waals surface area (Å²) >= 11 is 1.64. The van der Waals surface area contributed by atoms with Crippen LogP contribution in [-0.2, 0) is 12.3 Å². The standard InChI is InChI=1S/C12H17N3OS/c1-9(2)15-7-10-3-4-11(16-10)8-17-12-13-5-6-14-12/h3-6,9,15H,7-8H2,1-2H3,(H,13,14). The first-order valence-electron chi connectivity index (χ1n) is 5.67. The summed E-state index contributed by atoms with van der Waals surface area (Å²) in [5.41, 5.74) is 0. The minimum Gasteiger partial charge on any atom is -0.464 e. The summed E-state index contributed by atoms with van der Waals surface area (Å²) in [6, 6.07) is 4.52. The number of hydrogen-bond donors (Lipinski definition) is 2. The second kappa shape index (κ2) is 5.93. The van der Waals surface area contributed by atoms with E-state index in [0.717, 1.165) is 29.0 Å². The molecule has 2 N–H and O–H groups in total. The Balaban J connectivity index is 1.81. The third kappa shape index (κ3) is 3.94. The Morgan fingerprint density at radius 1 is 1.41 bits per heavy atom. The molecule has 92 valence electrons. The van der Waals surface area contributed by atoms with E-state index in [1.807, 2.05) is 18.3 Å². The Kier molecular flexibility index (Phi) is 4.28. The van der Waals surface area contributed by atoms with Gasteiger partial charge >= 0.3 is 0 Å². The number of rotatable bonds is 6. The Bertz CT molecular complexity index is 436. The lowest BCUT2D eigenvalue weighted by molar-refractivity contribution is 0.445. The largest absolute Gasteiger partial charge is 0.464 e. The molecule has 0 aliphatic carbocycles. The molecule has 0 unspecified atom stereocenters. The predicted molar refractivity (Wildman–Crippen MR) is 68.8 cm³/mol. The quantitative estimate of drug-likeness (QED) is 0.775. The van der Waals surface area contributed by atoms with Gasteiger partial charge in [-0.25, -0.2) is 4.98 Å². The highest BCUT2D eigenvalue weighted by atomic mass is 32.2. The highest BCUT2D eigenvalue weighted by Crippen LogP contribution is 2.20. The van der Waals surface area contributed by atoms with E-state index in [0.29, 0.717) is 6.04 Å². The van der Waals surface area contributed by atoms with Crippen LogP contribution in [0, 0.1) is 0 Å². The Labute approximate surface area is 105 Å². The van der Waals surface area contributed by atoms with E-state index in [9.17, 15) is 0 Å². The van der Waals surface area contributed by atoms with Gasteiger partial charge in [0.2, 0.25) is 0 Å². The first-order chi connectivity index (χ1) is 8.24. The van der Waals surface area contributed by atoms with Crippen molar-refractivity contribution in [2.24, 2.45) is 0 Å². The second-order valence-electron chi connectivity index (χ2n) is 4.09. The van der Waals surface area contributed by atoms with Gasteiger partial charge in [-0.15, -0.1) is 0 Å². The molecule has 0 amide bonds. The molecule has 0 bridgehead atoms. The average molecular weight is 251 g/mol. The summed E-state index contributed by atoms with van der Waals surface area (Å²) in [5, 5.41) is 4.25. The summed E-state index contributed by atoms with van der Waals surface area (Å²) in [6.07, 6.45) is 3.57. The van der Waals surface area contributed by atoms with Gasteiger partial charge in [0.25, 0.3) is 0 Å². The summed E-state index contributed by atoms with van der Waals surface area (Å²) < 4.78 is 5.71. The third-order valence-corrected chi connectivity index (χ3v) is 3.15. The number of hydrogen-bond acceptors (Lipinski definition) is 4. The van der Waals surface area contributed by atoms with Crippen LogP contribution in [0.1, 0.15) is 25.4 Å². The zero-order valence-corrected chi connectivity index (χ0v) is 10.9. The van der Waals surface area contributed by atoms with E-state index in [-0.39, 0.29) is 0 Å². The minimum absolute atomic E-state index is 0.473. The van der Waals surface area contributed by atoms with Crippen LogP contribution >= 0.6 is 11.8 Å². The van der Waals surface area contributed by atoms with Crippen LogP contribution in [0.25, 0.3) is 0 Å². The van der Waals surface area contributed by atoms with Gasteiger partial charge in [0.05, 0.1) is 12.3 Å². The summed E-state index contributed by atoms with van der Waals surface area (Å²) in [4.78, 5) is 7.20. The van der Waals surface area contributed by atoms with Crippen LogP contribution in [0.5, 0.6) is 0 Å². The summed E-state index contributed by atoms with van der Waals surface area (Å²) in [6.45, 7) is 5.02. The molecule has 0 aromatic carbocycles. The SMILES string of the molecule is CC(C)NCc1ccc(CSc2ncc[nH]2)o1. The number of H-pyrrole nitrogens is 1. The second-order valence-corrected chi connectivity index (χ2v) is 5.05. The number of aromatic amines is 1. The average Bonchev–Trinajstić information content (AvgIpc) is 2.95. The Hall–Kier alpha value is -1.20. The Morgan fingerprint density at radius 3 is 2.94 bits per heavy atom.